The van der Waals surface area contributed by atoms with E-state index in [0.29, 0.717) is 11.5 Å². The normalized spacial score (nSPS) is 10.9. The summed E-state index contributed by atoms with van der Waals surface area (Å²) in [5.74, 6) is 0.703. The molecule has 0 spiro atoms. The van der Waals surface area contributed by atoms with E-state index in [9.17, 15) is 10.2 Å². The lowest BCUT2D eigenvalue weighted by Crippen LogP contribution is -2.11. The minimum atomic E-state index is 0.349. The molecular formula is C31H34I2N2O2S2. The van der Waals surface area contributed by atoms with E-state index >= 15 is 0 Å². The number of phenols is 2. The highest BCUT2D eigenvalue weighted by Gasteiger charge is 2.11. The molecule has 0 aliphatic rings. The Kier molecular flexibility index (Phi) is 12.8. The number of phenolic OH excluding ortho intramolecular Hbond substituents is 2. The minimum absolute atomic E-state index is 0.349. The molecule has 4 nitrogen and oxygen atoms in total. The number of hydrogen-bond donors (Lipinski definition) is 3. The number of aryl methyl sites for hydroxylation is 2. The van der Waals surface area contributed by atoms with Crippen LogP contribution in [-0.2, 0) is 13.1 Å². The van der Waals surface area contributed by atoms with E-state index in [4.69, 9.17) is 0 Å². The van der Waals surface area contributed by atoms with Crippen LogP contribution in [0.5, 0.6) is 11.5 Å². The molecular weight excluding hydrogens is 750 g/mol. The third kappa shape index (κ3) is 9.57. The summed E-state index contributed by atoms with van der Waals surface area (Å²) < 4.78 is 2.34. The lowest BCUT2D eigenvalue weighted by Gasteiger charge is -2.14. The predicted octanol–water partition coefficient (Wildman–Crippen LogP) is 8.69. The van der Waals surface area contributed by atoms with Crippen LogP contribution in [0.2, 0.25) is 0 Å². The molecule has 0 saturated heterocycles. The Hall–Kier alpha value is -1.44. The molecule has 0 bridgehead atoms. The predicted molar refractivity (Wildman–Crippen MR) is 182 cm³/mol. The van der Waals surface area contributed by atoms with Gasteiger partial charge in [0, 0.05) is 30.0 Å². The molecule has 0 aromatic heterocycles. The fraction of sp³-hybridized carbons (Fsp3) is 0.226. The standard InChI is InChI=1S/C16H18INOS.C15H16INOS/c1-11-8-14(19)16(9-13(11)17)20-15-7-5-4-6-12(15)10-18(2)3;1-10-7-13(18)15(8-12(10)16)19-14-6-4-3-5-11(14)9-17-2/h4-9,19H,10H2,1-3H3;3-8,17-18H,9H2,1-2H3. The number of hydrogen-bond acceptors (Lipinski definition) is 6. The first-order valence-corrected chi connectivity index (χ1v) is 16.2. The molecule has 8 heteroatoms. The highest BCUT2D eigenvalue weighted by Crippen LogP contribution is 2.39. The maximum Gasteiger partial charge on any atom is 0.129 e. The Balaban J connectivity index is 0.000000216. The molecule has 4 aromatic carbocycles. The summed E-state index contributed by atoms with van der Waals surface area (Å²) in [6, 6.07) is 24.3. The third-order valence-electron chi connectivity index (χ3n) is 5.72. The van der Waals surface area contributed by atoms with E-state index in [2.05, 4.69) is 99.8 Å². The molecule has 0 aliphatic heterocycles. The molecule has 206 valence electrons. The molecule has 0 saturated carbocycles. The van der Waals surface area contributed by atoms with Gasteiger partial charge in [0.1, 0.15) is 11.5 Å². The summed E-state index contributed by atoms with van der Waals surface area (Å²) in [5, 5.41) is 23.3. The smallest absolute Gasteiger partial charge is 0.129 e. The van der Waals surface area contributed by atoms with Crippen molar-refractivity contribution in [3.8, 4) is 11.5 Å². The van der Waals surface area contributed by atoms with Crippen molar-refractivity contribution in [2.75, 3.05) is 21.1 Å². The minimum Gasteiger partial charge on any atom is -0.507 e. The van der Waals surface area contributed by atoms with Crippen LogP contribution < -0.4 is 5.32 Å². The first-order chi connectivity index (χ1) is 18.6. The van der Waals surface area contributed by atoms with Crippen LogP contribution in [0.25, 0.3) is 0 Å². The van der Waals surface area contributed by atoms with Crippen LogP contribution >= 0.6 is 68.7 Å². The van der Waals surface area contributed by atoms with Gasteiger partial charge in [-0.25, -0.2) is 0 Å². The van der Waals surface area contributed by atoms with Crippen LogP contribution in [0.1, 0.15) is 22.3 Å². The van der Waals surface area contributed by atoms with Gasteiger partial charge in [0.15, 0.2) is 0 Å². The Morgan fingerprint density at radius 3 is 1.59 bits per heavy atom. The van der Waals surface area contributed by atoms with Crippen LogP contribution in [0.3, 0.4) is 0 Å². The fourth-order valence-corrected chi connectivity index (χ4v) is 7.05. The Morgan fingerprint density at radius 2 is 1.13 bits per heavy atom. The van der Waals surface area contributed by atoms with E-state index in [1.807, 2.05) is 63.4 Å². The van der Waals surface area contributed by atoms with Crippen molar-refractivity contribution >= 4 is 68.7 Å². The summed E-state index contributed by atoms with van der Waals surface area (Å²) in [4.78, 5) is 6.32. The largest absolute Gasteiger partial charge is 0.507 e. The number of nitrogens with zero attached hydrogens (tertiary/aromatic N) is 1. The van der Waals surface area contributed by atoms with Gasteiger partial charge in [0.25, 0.3) is 0 Å². The summed E-state index contributed by atoms with van der Waals surface area (Å²) in [6.45, 7) is 5.74. The van der Waals surface area contributed by atoms with E-state index in [-0.39, 0.29) is 0 Å². The number of halogens is 2. The lowest BCUT2D eigenvalue weighted by molar-refractivity contribution is 0.399. The van der Waals surface area contributed by atoms with E-state index < -0.39 is 0 Å². The zero-order valence-electron chi connectivity index (χ0n) is 22.8. The molecule has 0 amide bonds. The molecule has 4 rings (SSSR count). The summed E-state index contributed by atoms with van der Waals surface area (Å²) in [7, 11) is 6.06. The van der Waals surface area contributed by atoms with E-state index in [1.54, 1.807) is 23.5 Å². The maximum absolute atomic E-state index is 10.1. The van der Waals surface area contributed by atoms with Gasteiger partial charge in [-0.15, -0.1) is 0 Å². The van der Waals surface area contributed by atoms with Gasteiger partial charge in [0.2, 0.25) is 0 Å². The number of benzene rings is 4. The quantitative estimate of drug-likeness (QED) is 0.156. The van der Waals surface area contributed by atoms with Crippen LogP contribution in [0, 0.1) is 21.0 Å². The van der Waals surface area contributed by atoms with Gasteiger partial charge >= 0.3 is 0 Å². The van der Waals surface area contributed by atoms with Gasteiger partial charge in [0.05, 0.1) is 9.79 Å². The second-order valence-corrected chi connectivity index (χ2v) is 13.8. The van der Waals surface area contributed by atoms with Crippen molar-refractivity contribution in [3.63, 3.8) is 0 Å². The third-order valence-corrected chi connectivity index (χ3v) is 10.4. The van der Waals surface area contributed by atoms with Gasteiger partial charge in [-0.2, -0.15) is 0 Å². The molecule has 39 heavy (non-hydrogen) atoms. The SMILES string of the molecule is CNCc1ccccc1Sc1cc(I)c(C)cc1O.Cc1cc(O)c(Sc2ccccc2CN(C)C)cc1I. The molecule has 0 radical (unpaired) electrons. The van der Waals surface area contributed by atoms with Gasteiger partial charge in [-0.1, -0.05) is 59.9 Å². The molecule has 0 heterocycles. The molecule has 3 N–H and O–H groups in total. The Labute approximate surface area is 268 Å². The number of rotatable bonds is 8. The summed E-state index contributed by atoms with van der Waals surface area (Å²) >= 11 is 7.84. The number of aromatic hydroxyl groups is 2. The highest BCUT2D eigenvalue weighted by molar-refractivity contribution is 14.1. The van der Waals surface area contributed by atoms with Gasteiger partial charge in [-0.3, -0.25) is 0 Å². The van der Waals surface area contributed by atoms with Crippen molar-refractivity contribution in [1.82, 2.24) is 10.2 Å². The maximum atomic E-state index is 10.1. The molecule has 0 fully saturated rings. The van der Waals surface area contributed by atoms with Crippen molar-refractivity contribution in [1.29, 1.82) is 0 Å². The van der Waals surface area contributed by atoms with Crippen molar-refractivity contribution in [3.05, 3.63) is 102 Å². The van der Waals surface area contributed by atoms with E-state index in [1.165, 1.54) is 28.1 Å². The summed E-state index contributed by atoms with van der Waals surface area (Å²) in [5.41, 5.74) is 4.72. The first-order valence-electron chi connectivity index (χ1n) is 12.4. The lowest BCUT2D eigenvalue weighted by atomic mass is 10.2. The van der Waals surface area contributed by atoms with Crippen molar-refractivity contribution in [2.24, 2.45) is 0 Å². The topological polar surface area (TPSA) is 55.7 Å². The number of nitrogens with one attached hydrogen (secondary N) is 1. The van der Waals surface area contributed by atoms with Crippen LogP contribution in [0.4, 0.5) is 0 Å². The molecule has 0 atom stereocenters. The zero-order chi connectivity index (χ0) is 28.5. The monoisotopic (exact) mass is 784 g/mol. The van der Waals surface area contributed by atoms with Gasteiger partial charge < -0.3 is 20.4 Å². The fourth-order valence-electron chi connectivity index (χ4n) is 3.71. The average molecular weight is 785 g/mol. The molecule has 0 unspecified atom stereocenters. The molecule has 0 aliphatic carbocycles. The van der Waals surface area contributed by atoms with Gasteiger partial charge in [-0.05, 0) is 139 Å². The van der Waals surface area contributed by atoms with Crippen LogP contribution in [0.15, 0.2) is 92.4 Å². The zero-order valence-corrected chi connectivity index (χ0v) is 28.7. The second-order valence-electron chi connectivity index (χ2n) is 9.33. The molecule has 4 aromatic rings. The van der Waals surface area contributed by atoms with Crippen molar-refractivity contribution in [2.45, 2.75) is 46.5 Å². The highest BCUT2D eigenvalue weighted by atomic mass is 127. The first kappa shape index (κ1) is 32.1. The average Bonchev–Trinajstić information content (AvgIpc) is 2.88. The van der Waals surface area contributed by atoms with E-state index in [0.717, 1.165) is 34.0 Å². The van der Waals surface area contributed by atoms with Crippen LogP contribution in [-0.4, -0.2) is 36.3 Å². The van der Waals surface area contributed by atoms with Crippen molar-refractivity contribution < 1.29 is 10.2 Å². The second kappa shape index (κ2) is 15.5. The summed E-state index contributed by atoms with van der Waals surface area (Å²) in [6.07, 6.45) is 0. The Morgan fingerprint density at radius 1 is 0.692 bits per heavy atom. The Bertz CT molecular complexity index is 1410.